The van der Waals surface area contributed by atoms with Gasteiger partial charge in [-0.25, -0.2) is 4.98 Å². The van der Waals surface area contributed by atoms with E-state index in [-0.39, 0.29) is 12.1 Å². The molecular weight excluding hydrogens is 383 g/mol. The van der Waals surface area contributed by atoms with Crippen LogP contribution in [0.25, 0.3) is 11.3 Å². The number of rotatable bonds is 5. The minimum Gasteiger partial charge on any atom is -0.352 e. The molecule has 0 fully saturated rings. The normalized spacial score (nSPS) is 12.3. The zero-order valence-electron chi connectivity index (χ0n) is 16.3. The highest BCUT2D eigenvalue weighted by molar-refractivity contribution is 5.79. The molecule has 0 atom stereocenters. The molecular formula is C19H22F3N7. The molecule has 154 valence electrons. The van der Waals surface area contributed by atoms with E-state index < -0.39 is 11.9 Å². The molecule has 0 saturated carbocycles. The predicted molar refractivity (Wildman–Crippen MR) is 104 cm³/mol. The van der Waals surface area contributed by atoms with Crippen LogP contribution in [-0.2, 0) is 26.3 Å². The van der Waals surface area contributed by atoms with Crippen molar-refractivity contribution in [3.05, 3.63) is 59.8 Å². The molecule has 0 bridgehead atoms. The minimum atomic E-state index is -4.50. The van der Waals surface area contributed by atoms with Crippen molar-refractivity contribution in [1.82, 2.24) is 30.0 Å². The molecule has 1 aromatic carbocycles. The van der Waals surface area contributed by atoms with Crippen molar-refractivity contribution in [2.24, 2.45) is 12.0 Å². The van der Waals surface area contributed by atoms with Crippen LogP contribution < -0.4 is 5.32 Å². The first-order chi connectivity index (χ1) is 13.8. The van der Waals surface area contributed by atoms with Crippen molar-refractivity contribution in [3.8, 4) is 11.3 Å². The van der Waals surface area contributed by atoms with Gasteiger partial charge >= 0.3 is 6.18 Å². The second kappa shape index (κ2) is 8.38. The maximum Gasteiger partial charge on any atom is 0.435 e. The Morgan fingerprint density at radius 2 is 2.00 bits per heavy atom. The molecule has 0 aliphatic heterocycles. The average Bonchev–Trinajstić information content (AvgIpc) is 3.29. The van der Waals surface area contributed by atoms with Crippen LogP contribution in [0.15, 0.2) is 47.7 Å². The number of H-pyrrole nitrogens is 1. The largest absolute Gasteiger partial charge is 0.435 e. The Labute approximate surface area is 166 Å². The summed E-state index contributed by atoms with van der Waals surface area (Å²) < 4.78 is 40.5. The first-order valence-electron chi connectivity index (χ1n) is 8.88. The summed E-state index contributed by atoms with van der Waals surface area (Å²) in [6, 6.07) is 9.79. The van der Waals surface area contributed by atoms with Gasteiger partial charge in [0.2, 0.25) is 0 Å². The Bertz CT molecular complexity index is 973. The maximum absolute atomic E-state index is 13.1. The Morgan fingerprint density at radius 1 is 1.28 bits per heavy atom. The number of nitrogens with one attached hydrogen (secondary N) is 2. The van der Waals surface area contributed by atoms with Crippen LogP contribution in [0.5, 0.6) is 0 Å². The molecule has 3 aromatic rings. The lowest BCUT2D eigenvalue weighted by atomic mass is 10.2. The summed E-state index contributed by atoms with van der Waals surface area (Å²) in [6.45, 7) is 0.360. The standard InChI is InChI=1S/C19H22F3N7/c1-23-18(25-9-14-11-29(3)27-17(14)19(20,21)22)28(2)12-16-24-10-15(26-16)13-7-5-4-6-8-13/h4-8,10-11H,9,12H2,1-3H3,(H,23,25)(H,24,26). The fraction of sp³-hybridized carbons (Fsp3) is 0.316. The van der Waals surface area contributed by atoms with Crippen LogP contribution >= 0.6 is 0 Å². The molecule has 0 aliphatic carbocycles. The molecule has 7 nitrogen and oxygen atoms in total. The fourth-order valence-electron chi connectivity index (χ4n) is 2.97. The highest BCUT2D eigenvalue weighted by Gasteiger charge is 2.36. The lowest BCUT2D eigenvalue weighted by molar-refractivity contribution is -0.142. The number of hydrogen-bond donors (Lipinski definition) is 2. The van der Waals surface area contributed by atoms with Gasteiger partial charge in [-0.1, -0.05) is 30.3 Å². The number of halogens is 3. The molecule has 29 heavy (non-hydrogen) atoms. The van der Waals surface area contributed by atoms with Crippen LogP contribution in [0.2, 0.25) is 0 Å². The molecule has 0 saturated heterocycles. The first-order valence-corrected chi connectivity index (χ1v) is 8.88. The van der Waals surface area contributed by atoms with Crippen molar-refractivity contribution < 1.29 is 13.2 Å². The number of aromatic nitrogens is 4. The third-order valence-electron chi connectivity index (χ3n) is 4.28. The van der Waals surface area contributed by atoms with Crippen LogP contribution in [0.3, 0.4) is 0 Å². The molecule has 2 N–H and O–H groups in total. The number of aromatic amines is 1. The molecule has 0 unspecified atom stereocenters. The fourth-order valence-corrected chi connectivity index (χ4v) is 2.97. The zero-order chi connectivity index (χ0) is 21.0. The van der Waals surface area contributed by atoms with E-state index in [0.717, 1.165) is 15.9 Å². The molecule has 2 aromatic heterocycles. The minimum absolute atomic E-state index is 0.0485. The number of benzene rings is 1. The summed E-state index contributed by atoms with van der Waals surface area (Å²) in [7, 11) is 4.82. The topological polar surface area (TPSA) is 74.1 Å². The van der Waals surface area contributed by atoms with Gasteiger partial charge in [-0.15, -0.1) is 0 Å². The maximum atomic E-state index is 13.1. The number of aryl methyl sites for hydroxylation is 1. The van der Waals surface area contributed by atoms with E-state index in [9.17, 15) is 13.2 Å². The number of aliphatic imine (C=N–C) groups is 1. The number of guanidine groups is 1. The van der Waals surface area contributed by atoms with Gasteiger partial charge in [-0.2, -0.15) is 18.3 Å². The van der Waals surface area contributed by atoms with Crippen molar-refractivity contribution >= 4 is 5.96 Å². The van der Waals surface area contributed by atoms with Gasteiger partial charge in [0, 0.05) is 39.4 Å². The molecule has 0 amide bonds. The molecule has 2 heterocycles. The van der Waals surface area contributed by atoms with Gasteiger partial charge in [-0.05, 0) is 5.56 Å². The SMILES string of the molecule is CN=C(NCc1cn(C)nc1C(F)(F)F)N(C)Cc1ncc(-c2ccccc2)[nH]1. The van der Waals surface area contributed by atoms with E-state index in [1.165, 1.54) is 13.2 Å². The van der Waals surface area contributed by atoms with Crippen LogP contribution in [0.4, 0.5) is 13.2 Å². The lowest BCUT2D eigenvalue weighted by Crippen LogP contribution is -2.38. The van der Waals surface area contributed by atoms with Crippen molar-refractivity contribution in [2.45, 2.75) is 19.3 Å². The number of hydrogen-bond acceptors (Lipinski definition) is 3. The van der Waals surface area contributed by atoms with E-state index in [0.29, 0.717) is 18.3 Å². The molecule has 0 aliphatic rings. The average molecular weight is 405 g/mol. The van der Waals surface area contributed by atoms with E-state index in [2.05, 4.69) is 25.4 Å². The quantitative estimate of drug-likeness (QED) is 0.506. The Kier molecular flexibility index (Phi) is 5.90. The van der Waals surface area contributed by atoms with E-state index in [1.54, 1.807) is 25.2 Å². The van der Waals surface area contributed by atoms with Crippen LogP contribution in [0.1, 0.15) is 17.1 Å². The monoisotopic (exact) mass is 405 g/mol. The molecule has 10 heteroatoms. The van der Waals surface area contributed by atoms with E-state index in [4.69, 9.17) is 0 Å². The summed E-state index contributed by atoms with van der Waals surface area (Å²) in [5, 5.41) is 6.46. The summed E-state index contributed by atoms with van der Waals surface area (Å²) in [6.07, 6.45) is -1.41. The highest BCUT2D eigenvalue weighted by Crippen LogP contribution is 2.30. The molecule has 0 radical (unpaired) electrons. The van der Waals surface area contributed by atoms with Gasteiger partial charge in [0.25, 0.3) is 0 Å². The summed E-state index contributed by atoms with van der Waals surface area (Å²) in [5.74, 6) is 1.16. The lowest BCUT2D eigenvalue weighted by Gasteiger charge is -2.21. The van der Waals surface area contributed by atoms with Gasteiger partial charge in [0.1, 0.15) is 5.82 Å². The van der Waals surface area contributed by atoms with E-state index >= 15 is 0 Å². The van der Waals surface area contributed by atoms with Gasteiger partial charge in [0.05, 0.1) is 18.4 Å². The smallest absolute Gasteiger partial charge is 0.352 e. The Hall–Kier alpha value is -3.30. The van der Waals surface area contributed by atoms with Gasteiger partial charge < -0.3 is 15.2 Å². The number of nitrogens with zero attached hydrogens (tertiary/aromatic N) is 5. The number of alkyl halides is 3. The van der Waals surface area contributed by atoms with Crippen molar-refractivity contribution in [3.63, 3.8) is 0 Å². The zero-order valence-corrected chi connectivity index (χ0v) is 16.3. The van der Waals surface area contributed by atoms with Crippen molar-refractivity contribution in [1.29, 1.82) is 0 Å². The second-order valence-electron chi connectivity index (χ2n) is 6.54. The Balaban J connectivity index is 1.65. The summed E-state index contributed by atoms with van der Waals surface area (Å²) in [5.41, 5.74) is 1.07. The third-order valence-corrected chi connectivity index (χ3v) is 4.28. The predicted octanol–water partition coefficient (Wildman–Crippen LogP) is 3.04. The first kappa shape index (κ1) is 20.4. The van der Waals surface area contributed by atoms with Crippen LogP contribution in [0, 0.1) is 0 Å². The summed E-state index contributed by atoms with van der Waals surface area (Å²) in [4.78, 5) is 13.5. The van der Waals surface area contributed by atoms with Crippen LogP contribution in [-0.4, -0.2) is 44.7 Å². The Morgan fingerprint density at radius 3 is 2.66 bits per heavy atom. The summed E-state index contributed by atoms with van der Waals surface area (Å²) >= 11 is 0. The van der Waals surface area contributed by atoms with Gasteiger partial charge in [-0.3, -0.25) is 9.67 Å². The molecule has 3 rings (SSSR count). The van der Waals surface area contributed by atoms with Crippen molar-refractivity contribution in [2.75, 3.05) is 14.1 Å². The van der Waals surface area contributed by atoms with E-state index in [1.807, 2.05) is 30.3 Å². The third kappa shape index (κ3) is 4.95. The highest BCUT2D eigenvalue weighted by atomic mass is 19.4. The second-order valence-corrected chi connectivity index (χ2v) is 6.54. The number of imidazole rings is 1. The molecule has 0 spiro atoms. The van der Waals surface area contributed by atoms with Gasteiger partial charge in [0.15, 0.2) is 11.7 Å².